The Labute approximate surface area is 127 Å². The molecule has 0 bridgehead atoms. The third-order valence-electron chi connectivity index (χ3n) is 5.41. The standard InChI is InChI=1S/C16H28N2O3/c1-3-12-6-4-5-7-13(12)17-15(21)18-10-8-16(2,9-11-18)14(19)20/h12-13H,3-11H2,1-2H3,(H,17,21)(H,19,20). The van der Waals surface area contributed by atoms with E-state index in [9.17, 15) is 14.7 Å². The van der Waals surface area contributed by atoms with Gasteiger partial charge in [-0.3, -0.25) is 4.79 Å². The molecule has 5 heteroatoms. The highest BCUT2D eigenvalue weighted by molar-refractivity contribution is 5.77. The molecule has 1 heterocycles. The number of urea groups is 1. The van der Waals surface area contributed by atoms with Crippen molar-refractivity contribution in [3.63, 3.8) is 0 Å². The van der Waals surface area contributed by atoms with Gasteiger partial charge in [0.1, 0.15) is 0 Å². The molecular weight excluding hydrogens is 268 g/mol. The first kappa shape index (κ1) is 16.1. The molecule has 2 amide bonds. The van der Waals surface area contributed by atoms with E-state index in [1.807, 2.05) is 0 Å². The van der Waals surface area contributed by atoms with Crippen molar-refractivity contribution in [2.45, 2.75) is 64.8 Å². The minimum atomic E-state index is -0.749. The fraction of sp³-hybridized carbons (Fsp3) is 0.875. The maximum Gasteiger partial charge on any atom is 0.317 e. The van der Waals surface area contributed by atoms with E-state index in [0.29, 0.717) is 37.9 Å². The van der Waals surface area contributed by atoms with Gasteiger partial charge in [-0.2, -0.15) is 0 Å². The first-order chi connectivity index (χ1) is 9.96. The molecule has 0 spiro atoms. The molecule has 2 rings (SSSR count). The molecule has 0 aromatic carbocycles. The number of nitrogens with one attached hydrogen (secondary N) is 1. The van der Waals surface area contributed by atoms with Crippen LogP contribution in [0.2, 0.25) is 0 Å². The number of carbonyl (C=O) groups is 2. The molecule has 2 atom stereocenters. The molecule has 1 saturated heterocycles. The number of rotatable bonds is 3. The molecule has 1 aliphatic carbocycles. The molecule has 5 nitrogen and oxygen atoms in total. The highest BCUT2D eigenvalue weighted by Gasteiger charge is 2.38. The van der Waals surface area contributed by atoms with Crippen molar-refractivity contribution >= 4 is 12.0 Å². The SMILES string of the molecule is CCC1CCCCC1NC(=O)N1CCC(C)(C(=O)O)CC1. The lowest BCUT2D eigenvalue weighted by Gasteiger charge is -2.38. The van der Waals surface area contributed by atoms with Gasteiger partial charge < -0.3 is 15.3 Å². The van der Waals surface area contributed by atoms with Crippen LogP contribution in [0.3, 0.4) is 0 Å². The monoisotopic (exact) mass is 296 g/mol. The average Bonchev–Trinajstić information content (AvgIpc) is 2.48. The summed E-state index contributed by atoms with van der Waals surface area (Å²) in [6, 6.07) is 0.289. The van der Waals surface area contributed by atoms with E-state index in [-0.39, 0.29) is 6.03 Å². The van der Waals surface area contributed by atoms with Crippen LogP contribution in [-0.4, -0.2) is 41.1 Å². The predicted octanol–water partition coefficient (Wildman–Crippen LogP) is 2.85. The van der Waals surface area contributed by atoms with E-state index >= 15 is 0 Å². The fourth-order valence-electron chi connectivity index (χ4n) is 3.55. The first-order valence-corrected chi connectivity index (χ1v) is 8.25. The molecule has 0 aromatic heterocycles. The van der Waals surface area contributed by atoms with Gasteiger partial charge in [-0.25, -0.2) is 4.79 Å². The van der Waals surface area contributed by atoms with Crippen molar-refractivity contribution in [2.24, 2.45) is 11.3 Å². The zero-order valence-electron chi connectivity index (χ0n) is 13.2. The summed E-state index contributed by atoms with van der Waals surface area (Å²) in [5, 5.41) is 12.4. The summed E-state index contributed by atoms with van der Waals surface area (Å²) >= 11 is 0. The van der Waals surface area contributed by atoms with E-state index < -0.39 is 11.4 Å². The molecule has 2 unspecified atom stereocenters. The molecule has 1 saturated carbocycles. The molecule has 1 aliphatic heterocycles. The quantitative estimate of drug-likeness (QED) is 0.841. The lowest BCUT2D eigenvalue weighted by molar-refractivity contribution is -0.150. The Balaban J connectivity index is 1.86. The van der Waals surface area contributed by atoms with Gasteiger partial charge in [0.2, 0.25) is 0 Å². The number of amides is 2. The van der Waals surface area contributed by atoms with Crippen molar-refractivity contribution in [3.05, 3.63) is 0 Å². The van der Waals surface area contributed by atoms with Crippen LogP contribution < -0.4 is 5.32 Å². The molecule has 2 N–H and O–H groups in total. The van der Waals surface area contributed by atoms with Crippen molar-refractivity contribution in [1.82, 2.24) is 10.2 Å². The Kier molecular flexibility index (Phi) is 5.12. The zero-order chi connectivity index (χ0) is 15.5. The predicted molar refractivity (Wildman–Crippen MR) is 81.1 cm³/mol. The van der Waals surface area contributed by atoms with Gasteiger partial charge >= 0.3 is 12.0 Å². The van der Waals surface area contributed by atoms with E-state index in [1.165, 1.54) is 19.3 Å². The molecule has 2 aliphatic rings. The second-order valence-corrected chi connectivity index (χ2v) is 6.86. The molecule has 2 fully saturated rings. The number of carboxylic acids is 1. The van der Waals surface area contributed by atoms with Gasteiger partial charge in [0.15, 0.2) is 0 Å². The van der Waals surface area contributed by atoms with Crippen molar-refractivity contribution < 1.29 is 14.7 Å². The third-order valence-corrected chi connectivity index (χ3v) is 5.41. The molecule has 21 heavy (non-hydrogen) atoms. The van der Waals surface area contributed by atoms with Crippen molar-refractivity contribution in [1.29, 1.82) is 0 Å². The molecule has 0 radical (unpaired) electrons. The lowest BCUT2D eigenvalue weighted by Crippen LogP contribution is -2.52. The number of piperidine rings is 1. The Morgan fingerprint density at radius 1 is 1.24 bits per heavy atom. The van der Waals surface area contributed by atoms with E-state index in [2.05, 4.69) is 12.2 Å². The summed E-state index contributed by atoms with van der Waals surface area (Å²) in [5.41, 5.74) is -0.673. The van der Waals surface area contributed by atoms with Crippen LogP contribution in [0.1, 0.15) is 58.8 Å². The zero-order valence-corrected chi connectivity index (χ0v) is 13.2. The molecule has 0 aromatic rings. The third kappa shape index (κ3) is 3.69. The number of nitrogens with zero attached hydrogens (tertiary/aromatic N) is 1. The van der Waals surface area contributed by atoms with Gasteiger partial charge in [-0.15, -0.1) is 0 Å². The summed E-state index contributed by atoms with van der Waals surface area (Å²) in [6.07, 6.45) is 6.94. The Bertz CT molecular complexity index is 389. The minimum absolute atomic E-state index is 0.00668. The number of carboxylic acid groups (broad SMARTS) is 1. The van der Waals surface area contributed by atoms with Crippen LogP contribution in [0.5, 0.6) is 0 Å². The molecule has 120 valence electrons. The highest BCUT2D eigenvalue weighted by Crippen LogP contribution is 2.31. The smallest absolute Gasteiger partial charge is 0.317 e. The van der Waals surface area contributed by atoms with Crippen LogP contribution in [-0.2, 0) is 4.79 Å². The van der Waals surface area contributed by atoms with E-state index in [0.717, 1.165) is 12.8 Å². The van der Waals surface area contributed by atoms with Crippen molar-refractivity contribution in [3.8, 4) is 0 Å². The van der Waals surface area contributed by atoms with Gasteiger partial charge in [0, 0.05) is 19.1 Å². The van der Waals surface area contributed by atoms with Crippen LogP contribution in [0, 0.1) is 11.3 Å². The summed E-state index contributed by atoms with van der Waals surface area (Å²) in [5.74, 6) is -0.155. The summed E-state index contributed by atoms with van der Waals surface area (Å²) < 4.78 is 0. The maximum atomic E-state index is 12.4. The average molecular weight is 296 g/mol. The largest absolute Gasteiger partial charge is 0.481 e. The highest BCUT2D eigenvalue weighted by atomic mass is 16.4. The lowest BCUT2D eigenvalue weighted by atomic mass is 9.80. The maximum absolute atomic E-state index is 12.4. The Morgan fingerprint density at radius 3 is 2.43 bits per heavy atom. The van der Waals surface area contributed by atoms with Crippen LogP contribution in [0.4, 0.5) is 4.79 Å². The van der Waals surface area contributed by atoms with E-state index in [4.69, 9.17) is 0 Å². The van der Waals surface area contributed by atoms with Crippen LogP contribution >= 0.6 is 0 Å². The van der Waals surface area contributed by atoms with E-state index in [1.54, 1.807) is 11.8 Å². The van der Waals surface area contributed by atoms with Crippen LogP contribution in [0.25, 0.3) is 0 Å². The first-order valence-electron chi connectivity index (χ1n) is 8.25. The Hall–Kier alpha value is -1.26. The number of likely N-dealkylation sites (tertiary alicyclic amines) is 1. The summed E-state index contributed by atoms with van der Waals surface area (Å²) in [4.78, 5) is 25.4. The fourth-order valence-corrected chi connectivity index (χ4v) is 3.55. The van der Waals surface area contributed by atoms with Gasteiger partial charge in [-0.05, 0) is 38.5 Å². The summed E-state index contributed by atoms with van der Waals surface area (Å²) in [7, 11) is 0. The normalized spacial score (nSPS) is 29.0. The van der Waals surface area contributed by atoms with Gasteiger partial charge in [0.25, 0.3) is 0 Å². The van der Waals surface area contributed by atoms with Crippen LogP contribution in [0.15, 0.2) is 0 Å². The second-order valence-electron chi connectivity index (χ2n) is 6.86. The van der Waals surface area contributed by atoms with Gasteiger partial charge in [0.05, 0.1) is 5.41 Å². The minimum Gasteiger partial charge on any atom is -0.481 e. The number of hydrogen-bond donors (Lipinski definition) is 2. The number of aliphatic carboxylic acids is 1. The van der Waals surface area contributed by atoms with Gasteiger partial charge in [-0.1, -0.05) is 26.2 Å². The topological polar surface area (TPSA) is 69.6 Å². The van der Waals surface area contributed by atoms with Crippen molar-refractivity contribution in [2.75, 3.05) is 13.1 Å². The molecular formula is C16H28N2O3. The number of hydrogen-bond acceptors (Lipinski definition) is 2. The Morgan fingerprint density at radius 2 is 1.86 bits per heavy atom. The second kappa shape index (κ2) is 6.67. The number of carbonyl (C=O) groups excluding carboxylic acids is 1. The summed E-state index contributed by atoms with van der Waals surface area (Å²) in [6.45, 7) is 5.05.